The minimum Gasteiger partial charge on any atom is -0.462 e. The van der Waals surface area contributed by atoms with E-state index in [-0.39, 0.29) is 19.2 Å². The van der Waals surface area contributed by atoms with Crippen LogP contribution in [0.4, 0.5) is 0 Å². The van der Waals surface area contributed by atoms with Crippen molar-refractivity contribution in [3.05, 3.63) is 12.2 Å². The molecule has 25 heavy (non-hydrogen) atoms. The lowest BCUT2D eigenvalue weighted by Crippen LogP contribution is -2.21. The fourth-order valence-electron chi connectivity index (χ4n) is 1.09. The van der Waals surface area contributed by atoms with E-state index < -0.39 is 18.0 Å². The van der Waals surface area contributed by atoms with E-state index in [4.69, 9.17) is 9.47 Å². The zero-order valence-electron chi connectivity index (χ0n) is 14.1. The van der Waals surface area contributed by atoms with Crippen molar-refractivity contribution in [2.75, 3.05) is 13.2 Å². The number of hydrogen-bond donors (Lipinski definition) is 0. The molecule has 0 radical (unpaired) electrons. The molecule has 0 saturated carbocycles. The third-order valence-electron chi connectivity index (χ3n) is 1.95. The highest BCUT2D eigenvalue weighted by atomic mass is 16.6. The number of hydrogen-bond acceptors (Lipinski definition) is 6. The molecule has 0 aromatic carbocycles. The number of allylic oxidation sites excluding steroid dienone is 1. The molecule has 0 fully saturated rings. The Labute approximate surface area is 146 Å². The molecule has 0 aliphatic rings. The SMILES string of the molecule is CC(=O)OCC=CC#CC#CC#CC#CC(COC(C)=O)OC(C)=O. The topological polar surface area (TPSA) is 78.9 Å². The summed E-state index contributed by atoms with van der Waals surface area (Å²) in [6.45, 7) is 3.76. The van der Waals surface area contributed by atoms with Gasteiger partial charge in [0.25, 0.3) is 0 Å². The van der Waals surface area contributed by atoms with Crippen LogP contribution in [0.15, 0.2) is 12.2 Å². The Morgan fingerprint density at radius 3 is 2.04 bits per heavy atom. The van der Waals surface area contributed by atoms with Gasteiger partial charge in [0.1, 0.15) is 13.2 Å². The van der Waals surface area contributed by atoms with E-state index in [0.717, 1.165) is 0 Å². The molecule has 0 aliphatic heterocycles. The standard InChI is InChI=1S/C19H16O6/c1-16(20)23-14-12-10-8-6-4-5-7-9-11-13-19(25-18(3)22)15-24-17(2)21/h10,12,19H,14-15H2,1-3H3. The largest absolute Gasteiger partial charge is 0.462 e. The van der Waals surface area contributed by atoms with E-state index in [1.807, 2.05) is 0 Å². The highest BCUT2D eigenvalue weighted by Crippen LogP contribution is 1.93. The van der Waals surface area contributed by atoms with Crippen LogP contribution < -0.4 is 0 Å². The molecule has 6 heteroatoms. The summed E-state index contributed by atoms with van der Waals surface area (Å²) in [7, 11) is 0. The molecule has 0 aromatic heterocycles. The number of esters is 3. The lowest BCUT2D eigenvalue weighted by Gasteiger charge is -2.09. The van der Waals surface area contributed by atoms with Gasteiger partial charge < -0.3 is 14.2 Å². The molecule has 1 unspecified atom stereocenters. The quantitative estimate of drug-likeness (QED) is 0.415. The van der Waals surface area contributed by atoms with Crippen molar-refractivity contribution in [2.45, 2.75) is 26.9 Å². The van der Waals surface area contributed by atoms with Crippen molar-refractivity contribution < 1.29 is 28.6 Å². The summed E-state index contributed by atoms with van der Waals surface area (Å²) in [6, 6.07) is 0. The Hall–Kier alpha value is -3.61. The van der Waals surface area contributed by atoms with Gasteiger partial charge in [-0.05, 0) is 53.6 Å². The first kappa shape index (κ1) is 21.4. The maximum atomic E-state index is 10.9. The van der Waals surface area contributed by atoms with Crippen LogP contribution in [0, 0.1) is 47.4 Å². The zero-order valence-corrected chi connectivity index (χ0v) is 14.1. The van der Waals surface area contributed by atoms with Crippen LogP contribution in [0.3, 0.4) is 0 Å². The highest BCUT2D eigenvalue weighted by Gasteiger charge is 2.10. The second-order valence-electron chi connectivity index (χ2n) is 4.14. The Bertz CT molecular complexity index is 760. The molecule has 0 heterocycles. The minimum absolute atomic E-state index is 0.156. The molecule has 6 nitrogen and oxygen atoms in total. The molecule has 0 saturated heterocycles. The van der Waals surface area contributed by atoms with Crippen LogP contribution in [0.2, 0.25) is 0 Å². The number of carbonyl (C=O) groups is 3. The average molecular weight is 340 g/mol. The van der Waals surface area contributed by atoms with Crippen molar-refractivity contribution in [3.63, 3.8) is 0 Å². The van der Waals surface area contributed by atoms with Gasteiger partial charge in [0.15, 0.2) is 6.10 Å². The van der Waals surface area contributed by atoms with Crippen molar-refractivity contribution in [1.82, 2.24) is 0 Å². The molecule has 1 atom stereocenters. The average Bonchev–Trinajstić information content (AvgIpc) is 2.52. The Kier molecular flexibility index (Phi) is 12.0. The van der Waals surface area contributed by atoms with Crippen molar-refractivity contribution in [2.24, 2.45) is 0 Å². The first-order chi connectivity index (χ1) is 11.9. The first-order valence-electron chi connectivity index (χ1n) is 7.01. The van der Waals surface area contributed by atoms with Gasteiger partial charge in [0, 0.05) is 20.8 Å². The molecule has 0 N–H and O–H groups in total. The van der Waals surface area contributed by atoms with Crippen LogP contribution in [0.25, 0.3) is 0 Å². The van der Waals surface area contributed by atoms with Crippen LogP contribution in [-0.2, 0) is 28.6 Å². The van der Waals surface area contributed by atoms with Crippen LogP contribution in [0.1, 0.15) is 20.8 Å². The van der Waals surface area contributed by atoms with Crippen LogP contribution in [-0.4, -0.2) is 37.2 Å². The molecular formula is C19H16O6. The summed E-state index contributed by atoms with van der Waals surface area (Å²) in [5.41, 5.74) is 0. The highest BCUT2D eigenvalue weighted by molar-refractivity contribution is 5.67. The van der Waals surface area contributed by atoms with Gasteiger partial charge in [-0.15, -0.1) is 0 Å². The summed E-state index contributed by atoms with van der Waals surface area (Å²) in [6.07, 6.45) is 2.19. The number of carbonyl (C=O) groups excluding carboxylic acids is 3. The third-order valence-corrected chi connectivity index (χ3v) is 1.95. The van der Waals surface area contributed by atoms with E-state index in [0.29, 0.717) is 0 Å². The Balaban J connectivity index is 4.45. The zero-order chi connectivity index (χ0) is 18.9. The second kappa shape index (κ2) is 14.0. The van der Waals surface area contributed by atoms with E-state index in [1.165, 1.54) is 26.8 Å². The molecule has 0 spiro atoms. The monoisotopic (exact) mass is 340 g/mol. The summed E-state index contributed by atoms with van der Waals surface area (Å²) in [4.78, 5) is 32.1. The molecule has 128 valence electrons. The van der Waals surface area contributed by atoms with Crippen LogP contribution in [0.5, 0.6) is 0 Å². The van der Waals surface area contributed by atoms with Crippen molar-refractivity contribution in [3.8, 4) is 47.4 Å². The molecule has 0 amide bonds. The minimum atomic E-state index is -0.884. The number of ether oxygens (including phenoxy) is 3. The Morgan fingerprint density at radius 1 is 0.840 bits per heavy atom. The van der Waals surface area contributed by atoms with Crippen molar-refractivity contribution in [1.29, 1.82) is 0 Å². The van der Waals surface area contributed by atoms with Gasteiger partial charge in [0.2, 0.25) is 0 Å². The molecule has 0 aromatic rings. The molecular weight excluding hydrogens is 324 g/mol. The first-order valence-corrected chi connectivity index (χ1v) is 7.01. The van der Waals surface area contributed by atoms with E-state index in [2.05, 4.69) is 52.1 Å². The maximum absolute atomic E-state index is 10.9. The van der Waals surface area contributed by atoms with Gasteiger partial charge in [-0.2, -0.15) is 0 Å². The predicted molar refractivity (Wildman–Crippen MR) is 89.1 cm³/mol. The smallest absolute Gasteiger partial charge is 0.303 e. The lowest BCUT2D eigenvalue weighted by molar-refractivity contribution is -0.152. The van der Waals surface area contributed by atoms with Crippen molar-refractivity contribution >= 4 is 17.9 Å². The summed E-state index contributed by atoms with van der Waals surface area (Å²) < 4.78 is 14.2. The molecule has 0 bridgehead atoms. The van der Waals surface area contributed by atoms with E-state index >= 15 is 0 Å². The predicted octanol–water partition coefficient (Wildman–Crippen LogP) is 0.614. The fraction of sp³-hybridized carbons (Fsp3) is 0.316. The summed E-state index contributed by atoms with van der Waals surface area (Å²) in [5.74, 6) is 18.5. The van der Waals surface area contributed by atoms with E-state index in [9.17, 15) is 14.4 Å². The van der Waals surface area contributed by atoms with Gasteiger partial charge in [0.05, 0.1) is 0 Å². The summed E-state index contributed by atoms with van der Waals surface area (Å²) in [5, 5.41) is 0. The fourth-order valence-corrected chi connectivity index (χ4v) is 1.09. The van der Waals surface area contributed by atoms with E-state index in [1.54, 1.807) is 6.08 Å². The van der Waals surface area contributed by atoms with Gasteiger partial charge in [-0.1, -0.05) is 5.92 Å². The van der Waals surface area contributed by atoms with Gasteiger partial charge in [-0.25, -0.2) is 0 Å². The van der Waals surface area contributed by atoms with Gasteiger partial charge in [-0.3, -0.25) is 14.4 Å². The maximum Gasteiger partial charge on any atom is 0.303 e. The summed E-state index contributed by atoms with van der Waals surface area (Å²) >= 11 is 0. The number of rotatable bonds is 5. The van der Waals surface area contributed by atoms with Crippen LogP contribution >= 0.6 is 0 Å². The second-order valence-corrected chi connectivity index (χ2v) is 4.14. The lowest BCUT2D eigenvalue weighted by atomic mass is 10.3. The molecule has 0 rings (SSSR count). The normalized spacial score (nSPS) is 9.40. The van der Waals surface area contributed by atoms with Gasteiger partial charge >= 0.3 is 17.9 Å². The third kappa shape index (κ3) is 16.6. The molecule has 0 aliphatic carbocycles. The Morgan fingerprint density at radius 2 is 1.44 bits per heavy atom.